The maximum atomic E-state index is 11.1. The maximum absolute atomic E-state index is 11.1. The Bertz CT molecular complexity index is 716. The number of carboxylic acid groups (broad SMARTS) is 1. The van der Waals surface area contributed by atoms with Crippen molar-refractivity contribution in [3.63, 3.8) is 0 Å². The molecule has 1 aromatic carbocycles. The zero-order chi connectivity index (χ0) is 14.3. The third-order valence-electron chi connectivity index (χ3n) is 3.17. The molecule has 0 saturated heterocycles. The molecule has 0 aliphatic carbocycles. The Labute approximate surface area is 120 Å². The number of carboxylic acids is 1. The van der Waals surface area contributed by atoms with Crippen molar-refractivity contribution < 1.29 is 14.6 Å². The molecule has 0 atom stereocenters. The van der Waals surface area contributed by atoms with E-state index in [4.69, 9.17) is 27.2 Å². The fourth-order valence-electron chi connectivity index (χ4n) is 2.18. The first-order valence-electron chi connectivity index (χ1n) is 6.01. The van der Waals surface area contributed by atoms with Gasteiger partial charge in [0.15, 0.2) is 5.69 Å². The fraction of sp³-hybridized carbons (Fsp3) is 0.143. The molecule has 0 fully saturated rings. The maximum Gasteiger partial charge on any atom is 0.356 e. The molecule has 102 valence electrons. The van der Waals surface area contributed by atoms with E-state index in [1.54, 1.807) is 6.07 Å². The van der Waals surface area contributed by atoms with E-state index in [1.807, 2.05) is 18.2 Å². The summed E-state index contributed by atoms with van der Waals surface area (Å²) in [6.45, 7) is 0.662. The number of hydrogen-bond acceptors (Lipinski definition) is 4. The number of ether oxygens (including phenoxy) is 1. The van der Waals surface area contributed by atoms with Crippen molar-refractivity contribution in [1.29, 1.82) is 0 Å². The minimum atomic E-state index is -1.20. The Balaban J connectivity index is 2.13. The molecular formula is C14H11ClN2O3. The summed E-state index contributed by atoms with van der Waals surface area (Å²) >= 11 is 5.85. The average Bonchev–Trinajstić information content (AvgIpc) is 2.88. The van der Waals surface area contributed by atoms with Crippen molar-refractivity contribution in [1.82, 2.24) is 4.98 Å². The molecule has 3 N–H and O–H groups in total. The van der Waals surface area contributed by atoms with Gasteiger partial charge in [-0.2, -0.15) is 0 Å². The van der Waals surface area contributed by atoms with E-state index in [2.05, 4.69) is 4.98 Å². The number of nitrogens with two attached hydrogens (primary N) is 1. The van der Waals surface area contributed by atoms with Crippen molar-refractivity contribution in [2.24, 2.45) is 0 Å². The van der Waals surface area contributed by atoms with Crippen LogP contribution >= 0.6 is 11.6 Å². The molecule has 0 amide bonds. The number of fused-ring (bicyclic) bond motifs is 1. The van der Waals surface area contributed by atoms with Gasteiger partial charge in [0.1, 0.15) is 5.75 Å². The third-order valence-corrected chi connectivity index (χ3v) is 3.57. The van der Waals surface area contributed by atoms with Crippen LogP contribution in [0.15, 0.2) is 24.3 Å². The summed E-state index contributed by atoms with van der Waals surface area (Å²) < 4.78 is 5.43. The average molecular weight is 291 g/mol. The van der Waals surface area contributed by atoms with Gasteiger partial charge in [-0.15, -0.1) is 0 Å². The van der Waals surface area contributed by atoms with E-state index in [1.165, 1.54) is 0 Å². The minimum absolute atomic E-state index is 0.0363. The smallest absolute Gasteiger partial charge is 0.356 e. The number of aromatic carboxylic acids is 1. The van der Waals surface area contributed by atoms with E-state index >= 15 is 0 Å². The number of pyridine rings is 1. The Morgan fingerprint density at radius 3 is 2.95 bits per heavy atom. The molecule has 0 saturated carbocycles. The summed E-state index contributed by atoms with van der Waals surface area (Å²) in [4.78, 5) is 15.2. The van der Waals surface area contributed by atoms with Gasteiger partial charge in [0, 0.05) is 12.0 Å². The number of rotatable bonds is 2. The predicted octanol–water partition coefficient (Wildman–Crippen LogP) is 2.62. The van der Waals surface area contributed by atoms with Crippen LogP contribution in [0, 0.1) is 0 Å². The normalized spacial score (nSPS) is 12.8. The van der Waals surface area contributed by atoms with Crippen molar-refractivity contribution in [3.8, 4) is 17.0 Å². The lowest BCUT2D eigenvalue weighted by atomic mass is 10.1. The van der Waals surface area contributed by atoms with Crippen LogP contribution in [0.4, 0.5) is 5.69 Å². The van der Waals surface area contributed by atoms with Crippen molar-refractivity contribution in [2.75, 3.05) is 12.3 Å². The molecule has 2 heterocycles. The number of anilines is 1. The molecule has 6 heteroatoms. The highest BCUT2D eigenvalue weighted by molar-refractivity contribution is 6.35. The van der Waals surface area contributed by atoms with Crippen LogP contribution in [0.5, 0.6) is 5.75 Å². The lowest BCUT2D eigenvalue weighted by molar-refractivity contribution is 0.0691. The first-order valence-corrected chi connectivity index (χ1v) is 6.39. The molecule has 0 spiro atoms. The van der Waals surface area contributed by atoms with Crippen molar-refractivity contribution in [2.45, 2.75) is 6.42 Å². The lowest BCUT2D eigenvalue weighted by Gasteiger charge is -2.08. The Kier molecular flexibility index (Phi) is 2.99. The van der Waals surface area contributed by atoms with Gasteiger partial charge in [-0.3, -0.25) is 0 Å². The number of aromatic nitrogens is 1. The molecule has 5 nitrogen and oxygen atoms in total. The first-order chi connectivity index (χ1) is 9.56. The molecule has 2 aromatic rings. The van der Waals surface area contributed by atoms with E-state index in [0.29, 0.717) is 12.3 Å². The zero-order valence-electron chi connectivity index (χ0n) is 10.4. The summed E-state index contributed by atoms with van der Waals surface area (Å²) in [5, 5.41) is 9.06. The zero-order valence-corrected chi connectivity index (χ0v) is 11.1. The largest absolute Gasteiger partial charge is 0.493 e. The molecule has 20 heavy (non-hydrogen) atoms. The summed E-state index contributed by atoms with van der Waals surface area (Å²) in [5.41, 5.74) is 8.07. The standard InChI is InChI=1S/C14H11ClN2O3/c15-12-9(16)6-10(17-13(12)14(18)19)7-1-2-11-8(5-7)3-4-20-11/h1-2,5-6H,3-4H2,(H2,16,17)(H,18,19). The van der Waals surface area contributed by atoms with Gasteiger partial charge in [-0.1, -0.05) is 11.6 Å². The van der Waals surface area contributed by atoms with Crippen LogP contribution in [-0.4, -0.2) is 22.7 Å². The topological polar surface area (TPSA) is 85.4 Å². The Hall–Kier alpha value is -2.27. The molecule has 3 rings (SSSR count). The van der Waals surface area contributed by atoms with Gasteiger partial charge < -0.3 is 15.6 Å². The van der Waals surface area contributed by atoms with Crippen LogP contribution in [0.25, 0.3) is 11.3 Å². The van der Waals surface area contributed by atoms with E-state index in [-0.39, 0.29) is 16.4 Å². The summed E-state index contributed by atoms with van der Waals surface area (Å²) in [7, 11) is 0. The number of nitrogen functional groups attached to an aromatic ring is 1. The summed E-state index contributed by atoms with van der Waals surface area (Å²) in [6.07, 6.45) is 0.831. The van der Waals surface area contributed by atoms with Crippen LogP contribution in [0.3, 0.4) is 0 Å². The van der Waals surface area contributed by atoms with Gasteiger partial charge in [0.05, 0.1) is 23.0 Å². The second kappa shape index (κ2) is 4.68. The number of nitrogens with zero attached hydrogens (tertiary/aromatic N) is 1. The van der Waals surface area contributed by atoms with Crippen LogP contribution in [-0.2, 0) is 6.42 Å². The van der Waals surface area contributed by atoms with E-state index < -0.39 is 5.97 Å². The second-order valence-electron chi connectivity index (χ2n) is 4.49. The number of benzene rings is 1. The van der Waals surface area contributed by atoms with Gasteiger partial charge in [-0.05, 0) is 29.8 Å². The van der Waals surface area contributed by atoms with Crippen molar-refractivity contribution in [3.05, 3.63) is 40.5 Å². The highest BCUT2D eigenvalue weighted by atomic mass is 35.5. The number of carbonyl (C=O) groups is 1. The van der Waals surface area contributed by atoms with E-state index in [9.17, 15) is 4.79 Å². The number of halogens is 1. The van der Waals surface area contributed by atoms with Gasteiger partial charge in [0.25, 0.3) is 0 Å². The highest BCUT2D eigenvalue weighted by Gasteiger charge is 2.18. The molecule has 1 aliphatic rings. The minimum Gasteiger partial charge on any atom is -0.493 e. The van der Waals surface area contributed by atoms with Crippen molar-refractivity contribution >= 4 is 23.3 Å². The monoisotopic (exact) mass is 290 g/mol. The number of hydrogen-bond donors (Lipinski definition) is 2. The van der Waals surface area contributed by atoms with Gasteiger partial charge >= 0.3 is 5.97 Å². The third kappa shape index (κ3) is 2.06. The molecule has 0 bridgehead atoms. The van der Waals surface area contributed by atoms with Crippen LogP contribution in [0.2, 0.25) is 5.02 Å². The predicted molar refractivity (Wildman–Crippen MR) is 75.3 cm³/mol. The molecule has 0 unspecified atom stereocenters. The van der Waals surface area contributed by atoms with Gasteiger partial charge in [0.2, 0.25) is 0 Å². The van der Waals surface area contributed by atoms with E-state index in [0.717, 1.165) is 23.3 Å². The lowest BCUT2D eigenvalue weighted by Crippen LogP contribution is -2.05. The quantitative estimate of drug-likeness (QED) is 0.888. The Morgan fingerprint density at radius 2 is 2.20 bits per heavy atom. The van der Waals surface area contributed by atoms with Crippen LogP contribution < -0.4 is 10.5 Å². The second-order valence-corrected chi connectivity index (χ2v) is 4.86. The SMILES string of the molecule is Nc1cc(-c2ccc3c(c2)CCO3)nc(C(=O)O)c1Cl. The first kappa shape index (κ1) is 12.7. The molecular weight excluding hydrogens is 280 g/mol. The molecule has 0 radical (unpaired) electrons. The Morgan fingerprint density at radius 1 is 1.40 bits per heavy atom. The molecule has 1 aliphatic heterocycles. The molecule has 1 aromatic heterocycles. The van der Waals surface area contributed by atoms with Gasteiger partial charge in [-0.25, -0.2) is 9.78 Å². The fourth-order valence-corrected chi connectivity index (χ4v) is 2.36. The van der Waals surface area contributed by atoms with Crippen LogP contribution in [0.1, 0.15) is 16.1 Å². The summed E-state index contributed by atoms with van der Waals surface area (Å²) in [5.74, 6) is -0.345. The highest BCUT2D eigenvalue weighted by Crippen LogP contribution is 2.32. The summed E-state index contributed by atoms with van der Waals surface area (Å²) in [6, 6.07) is 7.19.